The largest absolute Gasteiger partial charge is 0.345 e. The van der Waals surface area contributed by atoms with Gasteiger partial charge in [-0.05, 0) is 37.4 Å². The first-order valence-corrected chi connectivity index (χ1v) is 8.33. The number of imidazole rings is 1. The average molecular weight is 325 g/mol. The number of carbonyl (C=O) groups is 1. The molecule has 0 saturated carbocycles. The maximum atomic E-state index is 12.6. The highest BCUT2D eigenvalue weighted by Gasteiger charge is 2.13. The Kier molecular flexibility index (Phi) is 4.96. The summed E-state index contributed by atoms with van der Waals surface area (Å²) < 4.78 is 2.07. The van der Waals surface area contributed by atoms with Crippen molar-refractivity contribution in [3.8, 4) is 0 Å². The van der Waals surface area contributed by atoms with Crippen molar-refractivity contribution in [3.05, 3.63) is 48.4 Å². The van der Waals surface area contributed by atoms with Gasteiger partial charge in [-0.25, -0.2) is 4.98 Å². The normalized spacial score (nSPS) is 11.3. The molecule has 0 aliphatic carbocycles. The zero-order valence-corrected chi connectivity index (χ0v) is 14.1. The van der Waals surface area contributed by atoms with Gasteiger partial charge in [-0.3, -0.25) is 4.79 Å². The number of hydrogen-bond acceptors (Lipinski definition) is 3. The number of benzene rings is 1. The number of anilines is 1. The molecule has 0 radical (unpaired) electrons. The SMILES string of the molecule is CCN(CC)CCn1cccc1NC(=O)c1cccc2[nH]cnc12. The number of H-pyrrole nitrogens is 1. The van der Waals surface area contributed by atoms with Crippen molar-refractivity contribution in [2.45, 2.75) is 20.4 Å². The molecule has 2 N–H and O–H groups in total. The van der Waals surface area contributed by atoms with Crippen LogP contribution in [0.5, 0.6) is 0 Å². The van der Waals surface area contributed by atoms with E-state index < -0.39 is 0 Å². The molecule has 0 bridgehead atoms. The first-order chi connectivity index (χ1) is 11.7. The van der Waals surface area contributed by atoms with E-state index in [0.717, 1.165) is 37.5 Å². The summed E-state index contributed by atoms with van der Waals surface area (Å²) in [6.07, 6.45) is 3.60. The van der Waals surface area contributed by atoms with Crippen LogP contribution in [-0.4, -0.2) is 45.0 Å². The predicted octanol–water partition coefficient (Wildman–Crippen LogP) is 2.96. The molecule has 0 unspecified atom stereocenters. The quantitative estimate of drug-likeness (QED) is 0.702. The summed E-state index contributed by atoms with van der Waals surface area (Å²) in [5.41, 5.74) is 2.13. The molecule has 0 atom stereocenters. The number of aromatic nitrogens is 3. The molecule has 0 saturated heterocycles. The summed E-state index contributed by atoms with van der Waals surface area (Å²) >= 11 is 0. The van der Waals surface area contributed by atoms with Crippen molar-refractivity contribution in [1.29, 1.82) is 0 Å². The summed E-state index contributed by atoms with van der Waals surface area (Å²) in [7, 11) is 0. The molecule has 0 spiro atoms. The van der Waals surface area contributed by atoms with Crippen molar-refractivity contribution in [2.24, 2.45) is 0 Å². The Morgan fingerprint density at radius 3 is 2.88 bits per heavy atom. The van der Waals surface area contributed by atoms with E-state index in [1.807, 2.05) is 30.5 Å². The van der Waals surface area contributed by atoms with Gasteiger partial charge in [0.1, 0.15) is 11.3 Å². The fraction of sp³-hybridized carbons (Fsp3) is 0.333. The lowest BCUT2D eigenvalue weighted by molar-refractivity contribution is 0.102. The van der Waals surface area contributed by atoms with Gasteiger partial charge in [0.25, 0.3) is 5.91 Å². The van der Waals surface area contributed by atoms with Crippen molar-refractivity contribution >= 4 is 22.8 Å². The molecule has 6 heteroatoms. The maximum absolute atomic E-state index is 12.6. The Morgan fingerprint density at radius 2 is 2.08 bits per heavy atom. The monoisotopic (exact) mass is 325 g/mol. The molecule has 24 heavy (non-hydrogen) atoms. The van der Waals surface area contributed by atoms with Crippen molar-refractivity contribution in [3.63, 3.8) is 0 Å². The number of aromatic amines is 1. The van der Waals surface area contributed by atoms with E-state index in [1.165, 1.54) is 0 Å². The Hall–Kier alpha value is -2.60. The highest BCUT2D eigenvalue weighted by molar-refractivity contribution is 6.11. The number of fused-ring (bicyclic) bond motifs is 1. The Morgan fingerprint density at radius 1 is 1.25 bits per heavy atom. The standard InChI is InChI=1S/C18H23N5O/c1-3-22(4-2)11-12-23-10-6-9-16(23)21-18(24)14-7-5-8-15-17(14)20-13-19-15/h5-10,13H,3-4,11-12H2,1-2H3,(H,19,20)(H,21,24). The third-order valence-corrected chi connectivity index (χ3v) is 4.32. The van der Waals surface area contributed by atoms with E-state index in [4.69, 9.17) is 0 Å². The molecule has 126 valence electrons. The topological polar surface area (TPSA) is 65.9 Å². The van der Waals surface area contributed by atoms with Gasteiger partial charge in [-0.1, -0.05) is 19.9 Å². The second kappa shape index (κ2) is 7.31. The second-order valence-electron chi connectivity index (χ2n) is 5.67. The molecule has 3 rings (SSSR count). The van der Waals surface area contributed by atoms with Crippen molar-refractivity contribution in [2.75, 3.05) is 25.0 Å². The third-order valence-electron chi connectivity index (χ3n) is 4.32. The van der Waals surface area contributed by atoms with Crippen LogP contribution >= 0.6 is 0 Å². The number of likely N-dealkylation sites (N-methyl/N-ethyl adjacent to an activating group) is 1. The van der Waals surface area contributed by atoms with Gasteiger partial charge in [-0.15, -0.1) is 0 Å². The minimum atomic E-state index is -0.143. The highest BCUT2D eigenvalue weighted by atomic mass is 16.1. The summed E-state index contributed by atoms with van der Waals surface area (Å²) in [6, 6.07) is 9.43. The van der Waals surface area contributed by atoms with Crippen LogP contribution < -0.4 is 5.32 Å². The summed E-state index contributed by atoms with van der Waals surface area (Å²) in [5, 5.41) is 3.00. The Bertz CT molecular complexity index is 816. The molecular weight excluding hydrogens is 302 g/mol. The number of amides is 1. The number of carbonyl (C=O) groups excluding carboxylic acids is 1. The first kappa shape index (κ1) is 16.3. The molecule has 1 amide bonds. The molecule has 0 fully saturated rings. The molecule has 1 aromatic carbocycles. The van der Waals surface area contributed by atoms with Gasteiger partial charge in [-0.2, -0.15) is 0 Å². The summed E-state index contributed by atoms with van der Waals surface area (Å²) in [5.74, 6) is 0.662. The van der Waals surface area contributed by atoms with Gasteiger partial charge in [0.05, 0.1) is 17.4 Å². The van der Waals surface area contributed by atoms with Crippen LogP contribution in [-0.2, 0) is 6.54 Å². The first-order valence-electron chi connectivity index (χ1n) is 8.33. The summed E-state index contributed by atoms with van der Waals surface area (Å²) in [6.45, 7) is 8.18. The predicted molar refractivity (Wildman–Crippen MR) is 96.3 cm³/mol. The molecular formula is C18H23N5O. The minimum absolute atomic E-state index is 0.143. The molecule has 6 nitrogen and oxygen atoms in total. The van der Waals surface area contributed by atoms with Crippen LogP contribution in [0.25, 0.3) is 11.0 Å². The number of rotatable bonds is 7. The van der Waals surface area contributed by atoms with Crippen LogP contribution in [0.3, 0.4) is 0 Å². The van der Waals surface area contributed by atoms with E-state index in [0.29, 0.717) is 11.1 Å². The van der Waals surface area contributed by atoms with Gasteiger partial charge >= 0.3 is 0 Å². The zero-order chi connectivity index (χ0) is 16.9. The molecule has 0 aliphatic rings. The number of para-hydroxylation sites is 1. The van der Waals surface area contributed by atoms with E-state index in [1.54, 1.807) is 12.4 Å². The van der Waals surface area contributed by atoms with E-state index in [-0.39, 0.29) is 5.91 Å². The van der Waals surface area contributed by atoms with Crippen LogP contribution in [0.4, 0.5) is 5.82 Å². The lowest BCUT2D eigenvalue weighted by atomic mass is 10.1. The lowest BCUT2D eigenvalue weighted by Crippen LogP contribution is -2.27. The smallest absolute Gasteiger partial charge is 0.259 e. The van der Waals surface area contributed by atoms with Crippen molar-refractivity contribution in [1.82, 2.24) is 19.4 Å². The molecule has 0 aliphatic heterocycles. The number of hydrogen-bond donors (Lipinski definition) is 2. The fourth-order valence-corrected chi connectivity index (χ4v) is 2.84. The zero-order valence-electron chi connectivity index (χ0n) is 14.1. The van der Waals surface area contributed by atoms with Crippen LogP contribution in [0.15, 0.2) is 42.9 Å². The van der Waals surface area contributed by atoms with Crippen LogP contribution in [0, 0.1) is 0 Å². The average Bonchev–Trinajstić information content (AvgIpc) is 3.24. The van der Waals surface area contributed by atoms with E-state index >= 15 is 0 Å². The van der Waals surface area contributed by atoms with Gasteiger partial charge < -0.3 is 19.8 Å². The van der Waals surface area contributed by atoms with Gasteiger partial charge in [0.2, 0.25) is 0 Å². The lowest BCUT2D eigenvalue weighted by Gasteiger charge is -2.19. The Balaban J connectivity index is 1.73. The van der Waals surface area contributed by atoms with E-state index in [2.05, 4.69) is 38.6 Å². The fourth-order valence-electron chi connectivity index (χ4n) is 2.84. The molecule has 2 aromatic heterocycles. The Labute approximate surface area is 141 Å². The van der Waals surface area contributed by atoms with E-state index in [9.17, 15) is 4.79 Å². The number of nitrogens with zero attached hydrogens (tertiary/aromatic N) is 3. The van der Waals surface area contributed by atoms with Crippen LogP contribution in [0.1, 0.15) is 24.2 Å². The van der Waals surface area contributed by atoms with Crippen molar-refractivity contribution < 1.29 is 4.79 Å². The number of nitrogens with one attached hydrogen (secondary N) is 2. The highest BCUT2D eigenvalue weighted by Crippen LogP contribution is 2.17. The second-order valence-corrected chi connectivity index (χ2v) is 5.67. The third kappa shape index (κ3) is 3.33. The molecule has 3 aromatic rings. The minimum Gasteiger partial charge on any atom is -0.345 e. The molecule has 2 heterocycles. The summed E-state index contributed by atoms with van der Waals surface area (Å²) in [4.78, 5) is 22.3. The maximum Gasteiger partial charge on any atom is 0.259 e. The van der Waals surface area contributed by atoms with Crippen LogP contribution in [0.2, 0.25) is 0 Å². The van der Waals surface area contributed by atoms with Gasteiger partial charge in [0.15, 0.2) is 0 Å². The van der Waals surface area contributed by atoms with Gasteiger partial charge in [0, 0.05) is 19.3 Å².